The van der Waals surface area contributed by atoms with Crippen LogP contribution in [0.2, 0.25) is 0 Å². The molecular weight excluding hydrogens is 317 g/mol. The number of nitrogens with zero attached hydrogens (tertiary/aromatic N) is 3. The predicted octanol–water partition coefficient (Wildman–Crippen LogP) is 3.75. The summed E-state index contributed by atoms with van der Waals surface area (Å²) in [5.74, 6) is 0.381. The molecule has 0 spiro atoms. The van der Waals surface area contributed by atoms with Crippen molar-refractivity contribution >= 4 is 0 Å². The van der Waals surface area contributed by atoms with Crippen molar-refractivity contribution in [1.29, 1.82) is 0 Å². The smallest absolute Gasteiger partial charge is 0.668 e. The van der Waals surface area contributed by atoms with Gasteiger partial charge in [-0.25, -0.2) is 0 Å². The van der Waals surface area contributed by atoms with Gasteiger partial charge in [-0.3, -0.25) is 0 Å². The van der Waals surface area contributed by atoms with Gasteiger partial charge in [0.15, 0.2) is 0 Å². The van der Waals surface area contributed by atoms with E-state index in [9.17, 15) is 5.11 Å². The Balaban J connectivity index is -0.000000314. The van der Waals surface area contributed by atoms with Crippen LogP contribution in [0.5, 0.6) is 5.75 Å². The van der Waals surface area contributed by atoms with E-state index < -0.39 is 0 Å². The Hall–Kier alpha value is -0.217. The second-order valence-electron chi connectivity index (χ2n) is 3.96. The summed E-state index contributed by atoms with van der Waals surface area (Å²) in [6.07, 6.45) is 0. The molecule has 1 rings (SSSR count). The molecule has 1 radical (unpaired) electrons. The van der Waals surface area contributed by atoms with Gasteiger partial charge in [0.2, 0.25) is 0 Å². The zero-order valence-corrected chi connectivity index (χ0v) is 15.6. The topological polar surface area (TPSA) is 62.5 Å². The minimum absolute atomic E-state index is 0. The third-order valence-corrected chi connectivity index (χ3v) is 1.85. The molecule has 0 saturated heterocycles. The zero-order chi connectivity index (χ0) is 14.6. The van der Waals surface area contributed by atoms with Crippen LogP contribution in [-0.2, 0) is 32.7 Å². The summed E-state index contributed by atoms with van der Waals surface area (Å²) in [5, 5.41) is 20.6. The molecule has 0 heterocycles. The number of phenols is 1. The van der Waals surface area contributed by atoms with Crippen LogP contribution in [0.1, 0.15) is 16.7 Å². The molecule has 5 heteroatoms. The van der Waals surface area contributed by atoms with Gasteiger partial charge in [0.1, 0.15) is 5.75 Å². The van der Waals surface area contributed by atoms with Crippen LogP contribution in [0.15, 0.2) is 12.1 Å². The molecule has 0 aliphatic carbocycles. The summed E-state index contributed by atoms with van der Waals surface area (Å²) in [6.45, 7) is 4.52. The van der Waals surface area contributed by atoms with E-state index in [0.29, 0.717) is 12.3 Å². The Kier molecular flexibility index (Phi) is 19.9. The normalized spacial score (nSPS) is 8.37. The summed E-state index contributed by atoms with van der Waals surface area (Å²) in [4.78, 5) is 0. The van der Waals surface area contributed by atoms with E-state index in [1.54, 1.807) is 35.2 Å². The molecule has 1 N–H and O–H groups in total. The third-order valence-electron chi connectivity index (χ3n) is 1.85. The molecule has 0 unspecified atom stereocenters. The molecule has 107 valence electrons. The molecular formula is C14H26N3OZr. The number of aromatic hydroxyl groups is 1. The molecule has 0 saturated carbocycles. The Labute approximate surface area is 137 Å². The van der Waals surface area contributed by atoms with Crippen LogP contribution in [0, 0.1) is 13.8 Å². The third kappa shape index (κ3) is 12.6. The second kappa shape index (κ2) is 15.8. The van der Waals surface area contributed by atoms with E-state index in [-0.39, 0.29) is 26.2 Å². The van der Waals surface area contributed by atoms with E-state index in [1.165, 1.54) is 5.56 Å². The van der Waals surface area contributed by atoms with Crippen LogP contribution in [-0.4, -0.2) is 40.3 Å². The fourth-order valence-corrected chi connectivity index (χ4v) is 1.34. The fraction of sp³-hybridized carbons (Fsp3) is 0.571. The first kappa shape index (κ1) is 23.8. The molecule has 1 aromatic carbocycles. The van der Waals surface area contributed by atoms with Gasteiger partial charge >= 0.3 is 26.2 Å². The quantitative estimate of drug-likeness (QED) is 0.873. The van der Waals surface area contributed by atoms with Crippen molar-refractivity contribution in [3.05, 3.63) is 44.8 Å². The Morgan fingerprint density at radius 2 is 1.37 bits per heavy atom. The minimum atomic E-state index is 0. The van der Waals surface area contributed by atoms with Crippen molar-refractivity contribution in [2.24, 2.45) is 0 Å². The van der Waals surface area contributed by atoms with E-state index in [0.717, 1.165) is 11.1 Å². The average molecular weight is 344 g/mol. The largest absolute Gasteiger partial charge is 3.00 e. The van der Waals surface area contributed by atoms with Gasteiger partial charge in [0, 0.05) is 0 Å². The van der Waals surface area contributed by atoms with Gasteiger partial charge < -0.3 is 21.1 Å². The summed E-state index contributed by atoms with van der Waals surface area (Å²) in [5.41, 5.74) is 3.01. The van der Waals surface area contributed by atoms with Crippen LogP contribution in [0.25, 0.3) is 16.0 Å². The summed E-state index contributed by atoms with van der Waals surface area (Å²) in [6, 6.07) is 3.93. The first-order valence-corrected chi connectivity index (χ1v) is 5.78. The van der Waals surface area contributed by atoms with Crippen LogP contribution < -0.4 is 0 Å². The predicted molar refractivity (Wildman–Crippen MR) is 81.0 cm³/mol. The van der Waals surface area contributed by atoms with Crippen molar-refractivity contribution in [1.82, 2.24) is 0 Å². The summed E-state index contributed by atoms with van der Waals surface area (Å²) >= 11 is 0. The maximum Gasteiger partial charge on any atom is 3.00 e. The van der Waals surface area contributed by atoms with E-state index >= 15 is 0 Å². The number of hydrogen-bond acceptors (Lipinski definition) is 1. The van der Waals surface area contributed by atoms with Gasteiger partial charge in [-0.2, -0.15) is 35.2 Å². The second-order valence-corrected chi connectivity index (χ2v) is 3.96. The fourth-order valence-electron chi connectivity index (χ4n) is 1.34. The molecule has 19 heavy (non-hydrogen) atoms. The van der Waals surface area contributed by atoms with Crippen LogP contribution in [0.4, 0.5) is 0 Å². The molecule has 0 amide bonds. The molecule has 0 bridgehead atoms. The number of hydrogen-bond donors (Lipinski definition) is 1. The monoisotopic (exact) mass is 342 g/mol. The average Bonchev–Trinajstić information content (AvgIpc) is 2.28. The van der Waals surface area contributed by atoms with Crippen molar-refractivity contribution in [3.63, 3.8) is 0 Å². The van der Waals surface area contributed by atoms with E-state index in [2.05, 4.69) is 16.0 Å². The Morgan fingerprint density at radius 1 is 0.947 bits per heavy atom. The van der Waals surface area contributed by atoms with E-state index in [4.69, 9.17) is 0 Å². The molecule has 0 aliphatic heterocycles. The first-order valence-electron chi connectivity index (χ1n) is 5.78. The summed E-state index contributed by atoms with van der Waals surface area (Å²) < 4.78 is 0. The van der Waals surface area contributed by atoms with Gasteiger partial charge in [-0.1, -0.05) is 17.7 Å². The van der Waals surface area contributed by atoms with Crippen molar-refractivity contribution in [3.8, 4) is 5.75 Å². The van der Waals surface area contributed by atoms with Gasteiger partial charge in [0.25, 0.3) is 0 Å². The van der Waals surface area contributed by atoms with Crippen molar-refractivity contribution in [2.45, 2.75) is 20.4 Å². The Bertz CT molecular complexity index is 318. The number of rotatable bonds is 2. The van der Waals surface area contributed by atoms with Crippen LogP contribution in [0.3, 0.4) is 0 Å². The molecule has 0 aromatic heterocycles. The Morgan fingerprint density at radius 3 is 1.74 bits per heavy atom. The summed E-state index contributed by atoms with van der Waals surface area (Å²) in [7, 11) is 8.75. The van der Waals surface area contributed by atoms with Gasteiger partial charge in [0.05, 0.1) is 0 Å². The number of phenolic OH excluding ortho intramolecular Hbond substituents is 1. The van der Waals surface area contributed by atoms with Crippen molar-refractivity contribution < 1.29 is 31.3 Å². The van der Waals surface area contributed by atoms with E-state index in [1.807, 2.05) is 26.0 Å². The van der Waals surface area contributed by atoms with Crippen molar-refractivity contribution in [2.75, 3.05) is 35.2 Å². The maximum atomic E-state index is 9.59. The number of benzene rings is 1. The zero-order valence-electron chi connectivity index (χ0n) is 13.2. The SMILES string of the molecule is C[N-]C.C[N-]C.C[N-]Cc1cc(C)cc(C)c1O.[Zr+3]. The van der Waals surface area contributed by atoms with Crippen LogP contribution >= 0.6 is 0 Å². The number of aryl methyl sites for hydroxylation is 2. The molecule has 0 fully saturated rings. The molecule has 4 nitrogen and oxygen atoms in total. The molecule has 0 atom stereocenters. The molecule has 1 aromatic rings. The minimum Gasteiger partial charge on any atom is -0.668 e. The molecule has 0 aliphatic rings. The first-order chi connectivity index (χ1) is 8.48. The standard InChI is InChI=1S/C10H14NO.2C2H6N.Zr/c1-7-4-8(2)10(12)9(5-7)6-11-3;2*1-3-2;/h4-5,12H,6H2,1-3H3;2*1-2H3;/q3*-1;+3. The van der Waals surface area contributed by atoms with Gasteiger partial charge in [-0.15, -0.1) is 6.54 Å². The maximum absolute atomic E-state index is 9.59. The van der Waals surface area contributed by atoms with Gasteiger partial charge in [-0.05, 0) is 25.0 Å².